The molecule has 2 aromatic rings. The summed E-state index contributed by atoms with van der Waals surface area (Å²) in [5.74, 6) is 0.688. The van der Waals surface area contributed by atoms with Gasteiger partial charge in [-0.1, -0.05) is 6.92 Å². The summed E-state index contributed by atoms with van der Waals surface area (Å²) in [7, 11) is 3.95. The van der Waals surface area contributed by atoms with Crippen LogP contribution in [0.3, 0.4) is 0 Å². The number of aryl methyl sites for hydroxylation is 1. The predicted molar refractivity (Wildman–Crippen MR) is 86.8 cm³/mol. The highest BCUT2D eigenvalue weighted by atomic mass is 32.1. The summed E-state index contributed by atoms with van der Waals surface area (Å²) in [5.41, 5.74) is 0. The molecule has 0 saturated heterocycles. The summed E-state index contributed by atoms with van der Waals surface area (Å²) in [6.45, 7) is 3.80. The Kier molecular flexibility index (Phi) is 5.46. The van der Waals surface area contributed by atoms with Crippen molar-refractivity contribution in [3.05, 3.63) is 17.3 Å². The Hall–Kier alpha value is -1.73. The van der Waals surface area contributed by atoms with Crippen molar-refractivity contribution in [1.82, 2.24) is 20.2 Å². The monoisotopic (exact) mass is 307 g/mol. The lowest BCUT2D eigenvalue weighted by atomic mass is 10.3. The van der Waals surface area contributed by atoms with Gasteiger partial charge in [-0.3, -0.25) is 4.79 Å². The van der Waals surface area contributed by atoms with Gasteiger partial charge >= 0.3 is 0 Å². The van der Waals surface area contributed by atoms with Gasteiger partial charge in [0.1, 0.15) is 17.0 Å². The van der Waals surface area contributed by atoms with E-state index in [9.17, 15) is 4.79 Å². The molecule has 0 unspecified atom stereocenters. The maximum absolute atomic E-state index is 11.8. The summed E-state index contributed by atoms with van der Waals surface area (Å²) in [5, 5.41) is 6.94. The van der Waals surface area contributed by atoms with Crippen LogP contribution in [-0.4, -0.2) is 54.5 Å². The van der Waals surface area contributed by atoms with Crippen LogP contribution in [0.5, 0.6) is 0 Å². The molecule has 2 aromatic heterocycles. The van der Waals surface area contributed by atoms with Crippen molar-refractivity contribution >= 4 is 33.3 Å². The quantitative estimate of drug-likeness (QED) is 0.808. The number of thiophene rings is 1. The van der Waals surface area contributed by atoms with E-state index in [1.54, 1.807) is 11.3 Å². The molecule has 0 aliphatic carbocycles. The summed E-state index contributed by atoms with van der Waals surface area (Å²) < 4.78 is 0. The maximum Gasteiger partial charge on any atom is 0.239 e. The lowest BCUT2D eigenvalue weighted by Crippen LogP contribution is -2.35. The van der Waals surface area contributed by atoms with Crippen molar-refractivity contribution in [1.29, 1.82) is 0 Å². The van der Waals surface area contributed by atoms with Crippen molar-refractivity contribution in [3.8, 4) is 0 Å². The molecule has 2 rings (SSSR count). The minimum absolute atomic E-state index is 0.0328. The molecule has 21 heavy (non-hydrogen) atoms. The van der Waals surface area contributed by atoms with Gasteiger partial charge < -0.3 is 15.5 Å². The number of aromatic nitrogens is 2. The third-order valence-corrected chi connectivity index (χ3v) is 4.21. The van der Waals surface area contributed by atoms with Gasteiger partial charge in [-0.2, -0.15) is 0 Å². The first-order valence-electron chi connectivity index (χ1n) is 6.99. The second-order valence-corrected chi connectivity index (χ2v) is 6.13. The molecule has 0 spiro atoms. The van der Waals surface area contributed by atoms with E-state index >= 15 is 0 Å². The SMILES string of the molecule is CCc1cc2c(NCC(=O)NCCN(C)C)ncnc2s1. The molecule has 0 atom stereocenters. The number of nitrogens with zero attached hydrogens (tertiary/aromatic N) is 3. The van der Waals surface area contributed by atoms with Gasteiger partial charge in [0.05, 0.1) is 11.9 Å². The topological polar surface area (TPSA) is 70.2 Å². The molecule has 0 aliphatic heterocycles. The van der Waals surface area contributed by atoms with Gasteiger partial charge in [0.25, 0.3) is 0 Å². The van der Waals surface area contributed by atoms with Gasteiger partial charge in [0, 0.05) is 18.0 Å². The number of anilines is 1. The second kappa shape index (κ2) is 7.33. The number of fused-ring (bicyclic) bond motifs is 1. The van der Waals surface area contributed by atoms with E-state index in [-0.39, 0.29) is 12.5 Å². The zero-order valence-electron chi connectivity index (χ0n) is 12.6. The lowest BCUT2D eigenvalue weighted by Gasteiger charge is -2.11. The zero-order chi connectivity index (χ0) is 15.2. The van der Waals surface area contributed by atoms with Crippen LogP contribution < -0.4 is 10.6 Å². The molecule has 0 bridgehead atoms. The van der Waals surface area contributed by atoms with E-state index < -0.39 is 0 Å². The average molecular weight is 307 g/mol. The lowest BCUT2D eigenvalue weighted by molar-refractivity contribution is -0.119. The average Bonchev–Trinajstić information content (AvgIpc) is 2.88. The standard InChI is InChI=1S/C14H21N5OS/c1-4-10-7-11-13(17-9-18-14(11)21-10)16-8-12(20)15-5-6-19(2)3/h7,9H,4-6,8H2,1-3H3,(H,15,20)(H,16,17,18). The Bertz CT molecular complexity index is 610. The van der Waals surface area contributed by atoms with Crippen molar-refractivity contribution in [2.75, 3.05) is 39.0 Å². The highest BCUT2D eigenvalue weighted by Crippen LogP contribution is 2.28. The van der Waals surface area contributed by atoms with Crippen LogP contribution in [0.4, 0.5) is 5.82 Å². The molecule has 0 aliphatic rings. The molecule has 114 valence electrons. The fraction of sp³-hybridized carbons (Fsp3) is 0.500. The fourth-order valence-electron chi connectivity index (χ4n) is 1.87. The van der Waals surface area contributed by atoms with Crippen LogP contribution in [0.25, 0.3) is 10.2 Å². The normalized spacial score (nSPS) is 11.0. The molecule has 2 heterocycles. The molecule has 0 aromatic carbocycles. The van der Waals surface area contributed by atoms with Crippen LogP contribution in [0, 0.1) is 0 Å². The summed E-state index contributed by atoms with van der Waals surface area (Å²) in [4.78, 5) is 24.5. The number of rotatable bonds is 7. The second-order valence-electron chi connectivity index (χ2n) is 5.01. The molecule has 2 N–H and O–H groups in total. The van der Waals surface area contributed by atoms with Gasteiger partial charge in [-0.15, -0.1) is 11.3 Å². The number of hydrogen-bond acceptors (Lipinski definition) is 6. The largest absolute Gasteiger partial charge is 0.360 e. The molecule has 0 saturated carbocycles. The predicted octanol–water partition coefficient (Wildman–Crippen LogP) is 1.34. The number of carbonyl (C=O) groups is 1. The van der Waals surface area contributed by atoms with Crippen LogP contribution >= 0.6 is 11.3 Å². The summed E-state index contributed by atoms with van der Waals surface area (Å²) >= 11 is 1.67. The summed E-state index contributed by atoms with van der Waals surface area (Å²) in [6.07, 6.45) is 2.51. The third kappa shape index (κ3) is 4.37. The Morgan fingerprint density at radius 2 is 2.19 bits per heavy atom. The Balaban J connectivity index is 1.94. The number of nitrogens with one attached hydrogen (secondary N) is 2. The Labute approximate surface area is 128 Å². The number of hydrogen-bond donors (Lipinski definition) is 2. The number of amides is 1. The first-order valence-corrected chi connectivity index (χ1v) is 7.80. The van der Waals surface area contributed by atoms with Gasteiger partial charge in [-0.25, -0.2) is 9.97 Å². The Morgan fingerprint density at radius 3 is 2.90 bits per heavy atom. The van der Waals surface area contributed by atoms with Crippen LogP contribution in [0.1, 0.15) is 11.8 Å². The maximum atomic E-state index is 11.8. The minimum atomic E-state index is -0.0328. The van der Waals surface area contributed by atoms with Crippen molar-refractivity contribution in [2.45, 2.75) is 13.3 Å². The number of likely N-dealkylation sites (N-methyl/N-ethyl adjacent to an activating group) is 1. The van der Waals surface area contributed by atoms with E-state index in [2.05, 4.69) is 33.6 Å². The van der Waals surface area contributed by atoms with E-state index in [1.807, 2.05) is 19.0 Å². The van der Waals surface area contributed by atoms with Gasteiger partial charge in [0.2, 0.25) is 5.91 Å². The summed E-state index contributed by atoms with van der Waals surface area (Å²) in [6, 6.07) is 2.09. The molecular formula is C14H21N5OS. The number of carbonyl (C=O) groups excluding carboxylic acids is 1. The van der Waals surface area contributed by atoms with Crippen molar-refractivity contribution in [2.24, 2.45) is 0 Å². The highest BCUT2D eigenvalue weighted by Gasteiger charge is 2.09. The van der Waals surface area contributed by atoms with Crippen LogP contribution in [0.15, 0.2) is 12.4 Å². The molecule has 6 nitrogen and oxygen atoms in total. The zero-order valence-corrected chi connectivity index (χ0v) is 13.5. The molecule has 0 radical (unpaired) electrons. The third-order valence-electron chi connectivity index (χ3n) is 3.03. The fourth-order valence-corrected chi connectivity index (χ4v) is 2.80. The van der Waals surface area contributed by atoms with Crippen LogP contribution in [0.2, 0.25) is 0 Å². The molecular weight excluding hydrogens is 286 g/mol. The molecule has 7 heteroatoms. The van der Waals surface area contributed by atoms with E-state index in [4.69, 9.17) is 0 Å². The smallest absolute Gasteiger partial charge is 0.239 e. The van der Waals surface area contributed by atoms with Gasteiger partial charge in [0.15, 0.2) is 0 Å². The molecule has 0 fully saturated rings. The first kappa shape index (κ1) is 15.7. The van der Waals surface area contributed by atoms with E-state index in [0.29, 0.717) is 6.54 Å². The minimum Gasteiger partial charge on any atom is -0.360 e. The molecule has 1 amide bonds. The van der Waals surface area contributed by atoms with E-state index in [1.165, 1.54) is 11.2 Å². The van der Waals surface area contributed by atoms with Crippen molar-refractivity contribution in [3.63, 3.8) is 0 Å². The Morgan fingerprint density at radius 1 is 1.38 bits per heavy atom. The highest BCUT2D eigenvalue weighted by molar-refractivity contribution is 7.18. The van der Waals surface area contributed by atoms with Gasteiger partial charge in [-0.05, 0) is 26.6 Å². The van der Waals surface area contributed by atoms with Crippen molar-refractivity contribution < 1.29 is 4.79 Å². The first-order chi connectivity index (χ1) is 10.1. The van der Waals surface area contributed by atoms with Crippen LogP contribution in [-0.2, 0) is 11.2 Å². The van der Waals surface area contributed by atoms with E-state index in [0.717, 1.165) is 29.0 Å².